The molecule has 1 aromatic rings. The Morgan fingerprint density at radius 2 is 2.17 bits per heavy atom. The maximum absolute atomic E-state index is 10.0. The van der Waals surface area contributed by atoms with Crippen molar-refractivity contribution in [3.63, 3.8) is 0 Å². The molecule has 5 heteroatoms. The summed E-state index contributed by atoms with van der Waals surface area (Å²) in [7, 11) is 0. The molecule has 102 valence electrons. The predicted octanol–water partition coefficient (Wildman–Crippen LogP) is 2.39. The van der Waals surface area contributed by atoms with Gasteiger partial charge in [-0.2, -0.15) is 0 Å². The molecule has 0 saturated heterocycles. The highest BCUT2D eigenvalue weighted by atomic mass is 35.5. The molecule has 0 aliphatic carbocycles. The molecule has 1 aromatic carbocycles. The standard InChI is InChI=1S/C13H19NO3.ClH/c1-2-3-6-10(15)12(14)9-5-4-7-11-13(9)17-8-16-11;/h4-5,7,10,12,15H,2-3,6,8,14H2,1H3;1H/t10-,12+;/m1./s1. The molecule has 2 atom stereocenters. The van der Waals surface area contributed by atoms with Crippen LogP contribution in [-0.2, 0) is 0 Å². The number of aliphatic hydroxyl groups excluding tert-OH is 1. The van der Waals surface area contributed by atoms with Crippen molar-refractivity contribution in [3.05, 3.63) is 23.8 Å². The zero-order chi connectivity index (χ0) is 12.3. The highest BCUT2D eigenvalue weighted by Gasteiger charge is 2.25. The van der Waals surface area contributed by atoms with Gasteiger partial charge in [0, 0.05) is 5.56 Å². The lowest BCUT2D eigenvalue weighted by atomic mass is 9.97. The van der Waals surface area contributed by atoms with Gasteiger partial charge in [0.25, 0.3) is 0 Å². The van der Waals surface area contributed by atoms with Crippen molar-refractivity contribution in [3.8, 4) is 11.5 Å². The van der Waals surface area contributed by atoms with Gasteiger partial charge in [-0.25, -0.2) is 0 Å². The number of ether oxygens (including phenoxy) is 2. The van der Waals surface area contributed by atoms with Crippen molar-refractivity contribution >= 4 is 12.4 Å². The van der Waals surface area contributed by atoms with Crippen LogP contribution in [0.4, 0.5) is 0 Å². The maximum Gasteiger partial charge on any atom is 0.231 e. The van der Waals surface area contributed by atoms with Crippen LogP contribution in [0.2, 0.25) is 0 Å². The second-order valence-electron chi connectivity index (χ2n) is 4.32. The Labute approximate surface area is 113 Å². The Morgan fingerprint density at radius 3 is 2.89 bits per heavy atom. The number of halogens is 1. The van der Waals surface area contributed by atoms with E-state index >= 15 is 0 Å². The molecule has 0 spiro atoms. The summed E-state index contributed by atoms with van der Waals surface area (Å²) in [6.45, 7) is 2.32. The molecule has 1 heterocycles. The number of hydrogen-bond acceptors (Lipinski definition) is 4. The molecule has 3 N–H and O–H groups in total. The van der Waals surface area contributed by atoms with Crippen molar-refractivity contribution in [1.29, 1.82) is 0 Å². The Kier molecular flexibility index (Phi) is 5.72. The van der Waals surface area contributed by atoms with E-state index in [1.54, 1.807) is 0 Å². The van der Waals surface area contributed by atoms with Gasteiger partial charge in [-0.05, 0) is 12.5 Å². The molecule has 4 nitrogen and oxygen atoms in total. The zero-order valence-electron chi connectivity index (χ0n) is 10.5. The smallest absolute Gasteiger partial charge is 0.231 e. The highest BCUT2D eigenvalue weighted by Crippen LogP contribution is 2.38. The number of rotatable bonds is 5. The molecule has 0 saturated carbocycles. The molecule has 0 unspecified atom stereocenters. The Morgan fingerprint density at radius 1 is 1.39 bits per heavy atom. The minimum Gasteiger partial charge on any atom is -0.454 e. The summed E-state index contributed by atoms with van der Waals surface area (Å²) in [5.41, 5.74) is 6.89. The first-order valence-corrected chi connectivity index (χ1v) is 6.06. The van der Waals surface area contributed by atoms with Gasteiger partial charge in [0.15, 0.2) is 11.5 Å². The summed E-state index contributed by atoms with van der Waals surface area (Å²) in [5.74, 6) is 1.39. The Balaban J connectivity index is 0.00000162. The van der Waals surface area contributed by atoms with E-state index in [1.165, 1.54) is 0 Å². The van der Waals surface area contributed by atoms with Crippen LogP contribution in [-0.4, -0.2) is 18.0 Å². The fourth-order valence-electron chi connectivity index (χ4n) is 2.02. The third kappa shape index (κ3) is 3.07. The van der Waals surface area contributed by atoms with Crippen LogP contribution in [0.15, 0.2) is 18.2 Å². The van der Waals surface area contributed by atoms with E-state index in [0.29, 0.717) is 17.9 Å². The predicted molar refractivity (Wildman–Crippen MR) is 72.3 cm³/mol. The normalized spacial score (nSPS) is 15.9. The lowest BCUT2D eigenvalue weighted by Crippen LogP contribution is -2.26. The zero-order valence-corrected chi connectivity index (χ0v) is 11.3. The molecule has 0 aromatic heterocycles. The molecule has 1 aliphatic heterocycles. The molecule has 0 bridgehead atoms. The summed E-state index contributed by atoms with van der Waals surface area (Å²) in [4.78, 5) is 0. The molecule has 1 aliphatic rings. The summed E-state index contributed by atoms with van der Waals surface area (Å²) < 4.78 is 10.7. The average Bonchev–Trinajstić information content (AvgIpc) is 2.82. The molecule has 0 amide bonds. The van der Waals surface area contributed by atoms with E-state index in [9.17, 15) is 5.11 Å². The minimum atomic E-state index is -0.536. The van der Waals surface area contributed by atoms with Crippen LogP contribution in [0.1, 0.15) is 37.8 Å². The van der Waals surface area contributed by atoms with Crippen molar-refractivity contribution in [2.75, 3.05) is 6.79 Å². The van der Waals surface area contributed by atoms with Gasteiger partial charge in [-0.1, -0.05) is 31.9 Å². The van der Waals surface area contributed by atoms with Gasteiger partial charge < -0.3 is 20.3 Å². The molecule has 0 fully saturated rings. The third-order valence-electron chi connectivity index (χ3n) is 3.05. The molecular weight excluding hydrogens is 254 g/mol. The summed E-state index contributed by atoms with van der Waals surface area (Å²) >= 11 is 0. The van der Waals surface area contributed by atoms with Crippen molar-refractivity contribution in [1.82, 2.24) is 0 Å². The number of aliphatic hydroxyl groups is 1. The lowest BCUT2D eigenvalue weighted by Gasteiger charge is -2.20. The van der Waals surface area contributed by atoms with Gasteiger partial charge in [0.05, 0.1) is 12.1 Å². The average molecular weight is 274 g/mol. The lowest BCUT2D eigenvalue weighted by molar-refractivity contribution is 0.129. The topological polar surface area (TPSA) is 64.7 Å². The number of para-hydroxylation sites is 1. The first-order valence-electron chi connectivity index (χ1n) is 6.06. The van der Waals surface area contributed by atoms with Crippen LogP contribution >= 0.6 is 12.4 Å². The molecule has 0 radical (unpaired) electrons. The number of unbranched alkanes of at least 4 members (excludes halogenated alkanes) is 1. The molecule has 18 heavy (non-hydrogen) atoms. The monoisotopic (exact) mass is 273 g/mol. The van der Waals surface area contributed by atoms with E-state index < -0.39 is 12.1 Å². The first kappa shape index (κ1) is 15.1. The van der Waals surface area contributed by atoms with Crippen LogP contribution < -0.4 is 15.2 Å². The number of benzene rings is 1. The summed E-state index contributed by atoms with van der Waals surface area (Å²) in [6.07, 6.45) is 2.20. The van der Waals surface area contributed by atoms with Crippen molar-refractivity contribution in [2.24, 2.45) is 5.73 Å². The van der Waals surface area contributed by atoms with Crippen LogP contribution in [0.3, 0.4) is 0 Å². The Bertz CT molecular complexity index is 386. The van der Waals surface area contributed by atoms with Gasteiger partial charge in [-0.3, -0.25) is 0 Å². The maximum atomic E-state index is 10.0. The van der Waals surface area contributed by atoms with E-state index in [0.717, 1.165) is 18.4 Å². The number of hydrogen-bond donors (Lipinski definition) is 2. The number of fused-ring (bicyclic) bond motifs is 1. The van der Waals surface area contributed by atoms with Gasteiger partial charge in [-0.15, -0.1) is 12.4 Å². The highest BCUT2D eigenvalue weighted by molar-refractivity contribution is 5.85. The third-order valence-corrected chi connectivity index (χ3v) is 3.05. The first-order chi connectivity index (χ1) is 8.24. The molecule has 2 rings (SSSR count). The number of nitrogens with two attached hydrogens (primary N) is 1. The van der Waals surface area contributed by atoms with Crippen molar-refractivity contribution < 1.29 is 14.6 Å². The summed E-state index contributed by atoms with van der Waals surface area (Å²) in [6, 6.07) is 5.18. The van der Waals surface area contributed by atoms with Gasteiger partial charge in [0.1, 0.15) is 0 Å². The SMILES string of the molecule is CCCC[C@@H](O)[C@@H](N)c1cccc2c1OCO2.Cl. The second kappa shape index (κ2) is 6.83. The Hall–Kier alpha value is -0.970. The molecular formula is C13H20ClNO3. The summed E-state index contributed by atoms with van der Waals surface area (Å²) in [5, 5.41) is 10.0. The van der Waals surface area contributed by atoms with E-state index in [-0.39, 0.29) is 19.2 Å². The van der Waals surface area contributed by atoms with Crippen LogP contribution in [0, 0.1) is 0 Å². The largest absolute Gasteiger partial charge is 0.454 e. The van der Waals surface area contributed by atoms with E-state index in [4.69, 9.17) is 15.2 Å². The second-order valence-corrected chi connectivity index (χ2v) is 4.32. The van der Waals surface area contributed by atoms with Gasteiger partial charge >= 0.3 is 0 Å². The van der Waals surface area contributed by atoms with E-state index in [2.05, 4.69) is 6.92 Å². The van der Waals surface area contributed by atoms with Crippen LogP contribution in [0.5, 0.6) is 11.5 Å². The fourth-order valence-corrected chi connectivity index (χ4v) is 2.02. The quantitative estimate of drug-likeness (QED) is 0.865. The van der Waals surface area contributed by atoms with E-state index in [1.807, 2.05) is 18.2 Å². The van der Waals surface area contributed by atoms with Crippen LogP contribution in [0.25, 0.3) is 0 Å². The van der Waals surface area contributed by atoms with Crippen molar-refractivity contribution in [2.45, 2.75) is 38.3 Å². The van der Waals surface area contributed by atoms with Gasteiger partial charge in [0.2, 0.25) is 6.79 Å². The fraction of sp³-hybridized carbons (Fsp3) is 0.538. The minimum absolute atomic E-state index is 0.